The van der Waals surface area contributed by atoms with Crippen LogP contribution in [0.5, 0.6) is 0 Å². The average Bonchev–Trinajstić information content (AvgIpc) is 3.38. The molecule has 0 bridgehead atoms. The number of hydrogen-bond donors (Lipinski definition) is 3. The van der Waals surface area contributed by atoms with Gasteiger partial charge in [-0.15, -0.1) is 0 Å². The van der Waals surface area contributed by atoms with Crippen molar-refractivity contribution >= 4 is 23.4 Å². The van der Waals surface area contributed by atoms with E-state index in [-0.39, 0.29) is 11.8 Å². The first kappa shape index (κ1) is 16.8. The molecule has 1 heterocycles. The Hall–Kier alpha value is -3.09. The van der Waals surface area contributed by atoms with E-state index in [1.807, 2.05) is 0 Å². The van der Waals surface area contributed by atoms with E-state index in [0.717, 1.165) is 12.8 Å². The van der Waals surface area contributed by atoms with Crippen LogP contribution in [-0.4, -0.2) is 17.7 Å². The molecule has 0 unspecified atom stereocenters. The number of aryl methyl sites for hydroxylation is 2. The summed E-state index contributed by atoms with van der Waals surface area (Å²) in [6, 6.07) is 8.07. The Labute approximate surface area is 144 Å². The molecule has 1 aliphatic rings. The van der Waals surface area contributed by atoms with Crippen molar-refractivity contribution in [2.75, 3.05) is 5.32 Å². The number of anilines is 1. The van der Waals surface area contributed by atoms with Crippen LogP contribution in [0.1, 0.15) is 45.1 Å². The molecule has 7 heteroatoms. The molecule has 7 nitrogen and oxygen atoms in total. The third-order valence-electron chi connectivity index (χ3n) is 3.94. The van der Waals surface area contributed by atoms with E-state index in [9.17, 15) is 14.4 Å². The minimum atomic E-state index is -0.453. The van der Waals surface area contributed by atoms with Crippen molar-refractivity contribution in [2.45, 2.75) is 26.7 Å². The highest BCUT2D eigenvalue weighted by Gasteiger charge is 2.29. The van der Waals surface area contributed by atoms with Gasteiger partial charge in [0.05, 0.1) is 5.56 Å². The molecule has 0 aliphatic heterocycles. The Kier molecular flexibility index (Phi) is 4.56. The Balaban J connectivity index is 1.54. The Bertz CT molecular complexity index is 819. The van der Waals surface area contributed by atoms with Crippen molar-refractivity contribution < 1.29 is 18.8 Å². The van der Waals surface area contributed by atoms with Gasteiger partial charge in [-0.1, -0.05) is 0 Å². The van der Waals surface area contributed by atoms with Crippen molar-refractivity contribution in [2.24, 2.45) is 5.92 Å². The number of carbonyl (C=O) groups excluding carboxylic acids is 3. The summed E-state index contributed by atoms with van der Waals surface area (Å²) < 4.78 is 5.29. The minimum absolute atomic E-state index is 0.00948. The number of hydrazine groups is 1. The van der Waals surface area contributed by atoms with E-state index >= 15 is 0 Å². The van der Waals surface area contributed by atoms with Gasteiger partial charge in [0, 0.05) is 17.2 Å². The van der Waals surface area contributed by atoms with Gasteiger partial charge in [-0.25, -0.2) is 0 Å². The Morgan fingerprint density at radius 2 is 1.64 bits per heavy atom. The number of carbonyl (C=O) groups is 3. The normalized spacial score (nSPS) is 13.2. The van der Waals surface area contributed by atoms with Gasteiger partial charge in [0.15, 0.2) is 0 Å². The predicted octanol–water partition coefficient (Wildman–Crippen LogP) is 2.32. The number of furan rings is 1. The summed E-state index contributed by atoms with van der Waals surface area (Å²) in [4.78, 5) is 35.8. The molecule has 0 saturated heterocycles. The van der Waals surface area contributed by atoms with Crippen LogP contribution in [-0.2, 0) is 4.79 Å². The van der Waals surface area contributed by atoms with Gasteiger partial charge in [-0.05, 0) is 57.0 Å². The second kappa shape index (κ2) is 6.80. The van der Waals surface area contributed by atoms with Gasteiger partial charge in [0.25, 0.3) is 11.8 Å². The van der Waals surface area contributed by atoms with Crippen molar-refractivity contribution in [1.82, 2.24) is 10.9 Å². The molecule has 0 spiro atoms. The van der Waals surface area contributed by atoms with E-state index in [0.29, 0.717) is 28.3 Å². The number of benzene rings is 1. The maximum atomic E-state index is 12.1. The molecule has 1 saturated carbocycles. The maximum absolute atomic E-state index is 12.1. The lowest BCUT2D eigenvalue weighted by Crippen LogP contribution is -2.41. The SMILES string of the molecule is Cc1cc(C(=O)NNC(=O)c2ccc(NC(=O)C3CC3)cc2)c(C)o1. The van der Waals surface area contributed by atoms with Crippen LogP contribution in [0.4, 0.5) is 5.69 Å². The predicted molar refractivity (Wildman–Crippen MR) is 90.9 cm³/mol. The monoisotopic (exact) mass is 341 g/mol. The molecule has 1 aliphatic carbocycles. The standard InChI is InChI=1S/C18H19N3O4/c1-10-9-15(11(2)25-10)18(24)21-20-17(23)13-5-7-14(8-6-13)19-16(22)12-3-4-12/h5-9,12H,3-4H2,1-2H3,(H,19,22)(H,20,23)(H,21,24). The molecule has 25 heavy (non-hydrogen) atoms. The first-order valence-electron chi connectivity index (χ1n) is 8.02. The van der Waals surface area contributed by atoms with Crippen LogP contribution in [0.25, 0.3) is 0 Å². The highest BCUT2D eigenvalue weighted by Crippen LogP contribution is 2.30. The van der Waals surface area contributed by atoms with Gasteiger partial charge in [0.2, 0.25) is 5.91 Å². The average molecular weight is 341 g/mol. The first-order valence-corrected chi connectivity index (χ1v) is 8.02. The number of nitrogens with one attached hydrogen (secondary N) is 3. The number of rotatable bonds is 4. The highest BCUT2D eigenvalue weighted by atomic mass is 16.3. The van der Waals surface area contributed by atoms with E-state index in [1.165, 1.54) is 0 Å². The molecule has 2 aromatic rings. The van der Waals surface area contributed by atoms with Crippen molar-refractivity contribution in [3.05, 3.63) is 53.0 Å². The third-order valence-corrected chi connectivity index (χ3v) is 3.94. The van der Waals surface area contributed by atoms with E-state index in [1.54, 1.807) is 44.2 Å². The van der Waals surface area contributed by atoms with Gasteiger partial charge in [0.1, 0.15) is 11.5 Å². The maximum Gasteiger partial charge on any atom is 0.273 e. The van der Waals surface area contributed by atoms with Crippen LogP contribution in [0, 0.1) is 19.8 Å². The summed E-state index contributed by atoms with van der Waals surface area (Å²) in [5.41, 5.74) is 6.09. The molecule has 1 fully saturated rings. The first-order chi connectivity index (χ1) is 11.9. The van der Waals surface area contributed by atoms with E-state index in [2.05, 4.69) is 16.2 Å². The fraction of sp³-hybridized carbons (Fsp3) is 0.278. The van der Waals surface area contributed by atoms with Gasteiger partial charge >= 0.3 is 0 Å². The fourth-order valence-corrected chi connectivity index (χ4v) is 2.40. The highest BCUT2D eigenvalue weighted by molar-refractivity contribution is 6.00. The van der Waals surface area contributed by atoms with Crippen molar-refractivity contribution in [3.8, 4) is 0 Å². The zero-order valence-corrected chi connectivity index (χ0v) is 14.0. The number of amides is 3. The zero-order chi connectivity index (χ0) is 18.0. The smallest absolute Gasteiger partial charge is 0.273 e. The van der Waals surface area contributed by atoms with Crippen LogP contribution < -0.4 is 16.2 Å². The van der Waals surface area contributed by atoms with Crippen LogP contribution in [0.3, 0.4) is 0 Å². The van der Waals surface area contributed by atoms with Crippen molar-refractivity contribution in [3.63, 3.8) is 0 Å². The molecule has 1 aromatic carbocycles. The molecular weight excluding hydrogens is 322 g/mol. The molecule has 0 radical (unpaired) electrons. The lowest BCUT2D eigenvalue weighted by atomic mass is 10.2. The lowest BCUT2D eigenvalue weighted by Gasteiger charge is -2.08. The minimum Gasteiger partial charge on any atom is -0.466 e. The van der Waals surface area contributed by atoms with Crippen LogP contribution in [0.15, 0.2) is 34.7 Å². The Morgan fingerprint density at radius 1 is 1.00 bits per heavy atom. The molecule has 3 amide bonds. The zero-order valence-electron chi connectivity index (χ0n) is 14.0. The summed E-state index contributed by atoms with van der Waals surface area (Å²) >= 11 is 0. The fourth-order valence-electron chi connectivity index (χ4n) is 2.40. The summed E-state index contributed by atoms with van der Waals surface area (Å²) in [7, 11) is 0. The quantitative estimate of drug-likeness (QED) is 0.743. The molecule has 1 aromatic heterocycles. The van der Waals surface area contributed by atoms with E-state index < -0.39 is 11.8 Å². The van der Waals surface area contributed by atoms with Gasteiger partial charge < -0.3 is 9.73 Å². The second-order valence-corrected chi connectivity index (χ2v) is 6.08. The lowest BCUT2D eigenvalue weighted by molar-refractivity contribution is -0.117. The Morgan fingerprint density at radius 3 is 2.20 bits per heavy atom. The van der Waals surface area contributed by atoms with Crippen LogP contribution in [0.2, 0.25) is 0 Å². The second-order valence-electron chi connectivity index (χ2n) is 6.08. The summed E-state index contributed by atoms with van der Waals surface area (Å²) in [5, 5.41) is 2.80. The van der Waals surface area contributed by atoms with Gasteiger partial charge in [-0.2, -0.15) is 0 Å². The summed E-state index contributed by atoms with van der Waals surface area (Å²) in [5.74, 6) is 0.337. The summed E-state index contributed by atoms with van der Waals surface area (Å²) in [6.45, 7) is 3.42. The van der Waals surface area contributed by atoms with Crippen LogP contribution >= 0.6 is 0 Å². The molecular formula is C18H19N3O4. The molecule has 0 atom stereocenters. The molecule has 130 valence electrons. The molecule has 3 N–H and O–H groups in total. The third kappa shape index (κ3) is 4.06. The number of hydrogen-bond acceptors (Lipinski definition) is 4. The summed E-state index contributed by atoms with van der Waals surface area (Å²) in [6.07, 6.45) is 1.86. The van der Waals surface area contributed by atoms with E-state index in [4.69, 9.17) is 4.42 Å². The topological polar surface area (TPSA) is 100 Å². The van der Waals surface area contributed by atoms with Crippen molar-refractivity contribution in [1.29, 1.82) is 0 Å². The van der Waals surface area contributed by atoms with Gasteiger partial charge in [-0.3, -0.25) is 25.2 Å². The molecule has 3 rings (SSSR count). The largest absolute Gasteiger partial charge is 0.466 e.